The fraction of sp³-hybridized carbons (Fsp3) is 0.647. The highest BCUT2D eigenvalue weighted by atomic mass is 32.1. The Morgan fingerprint density at radius 2 is 2.17 bits per heavy atom. The largest absolute Gasteiger partial charge is 0.379 e. The summed E-state index contributed by atoms with van der Waals surface area (Å²) in [7, 11) is 0. The van der Waals surface area contributed by atoms with Gasteiger partial charge in [0.05, 0.1) is 19.3 Å². The van der Waals surface area contributed by atoms with Crippen molar-refractivity contribution < 1.29 is 4.74 Å². The molecular weight excluding hydrogens is 322 g/mol. The van der Waals surface area contributed by atoms with Crippen LogP contribution in [0.3, 0.4) is 0 Å². The van der Waals surface area contributed by atoms with Crippen LogP contribution in [-0.4, -0.2) is 59.1 Å². The third kappa shape index (κ3) is 3.26. The van der Waals surface area contributed by atoms with Gasteiger partial charge in [0.25, 0.3) is 0 Å². The van der Waals surface area contributed by atoms with Crippen LogP contribution in [0.15, 0.2) is 17.5 Å². The summed E-state index contributed by atoms with van der Waals surface area (Å²) in [5.41, 5.74) is 5.98. The molecule has 4 rings (SSSR count). The number of aromatic nitrogens is 3. The number of fused-ring (bicyclic) bond motifs is 1. The summed E-state index contributed by atoms with van der Waals surface area (Å²) < 4.78 is 7.57. The van der Waals surface area contributed by atoms with Crippen molar-refractivity contribution in [2.24, 2.45) is 5.73 Å². The van der Waals surface area contributed by atoms with Crippen LogP contribution in [0.1, 0.15) is 41.3 Å². The van der Waals surface area contributed by atoms with Crippen LogP contribution < -0.4 is 5.73 Å². The highest BCUT2D eigenvalue weighted by Gasteiger charge is 2.31. The van der Waals surface area contributed by atoms with Crippen LogP contribution in [0.2, 0.25) is 0 Å². The Balaban J connectivity index is 1.52. The molecule has 0 aromatic carbocycles. The van der Waals surface area contributed by atoms with E-state index in [0.29, 0.717) is 18.5 Å². The summed E-state index contributed by atoms with van der Waals surface area (Å²) in [5, 5.41) is 7.01. The van der Waals surface area contributed by atoms with E-state index in [4.69, 9.17) is 20.6 Å². The molecule has 0 bridgehead atoms. The first-order valence-electron chi connectivity index (χ1n) is 8.84. The van der Waals surface area contributed by atoms with E-state index in [9.17, 15) is 0 Å². The smallest absolute Gasteiger partial charge is 0.152 e. The Labute approximate surface area is 146 Å². The Morgan fingerprint density at radius 3 is 2.92 bits per heavy atom. The second-order valence-corrected chi connectivity index (χ2v) is 7.56. The fourth-order valence-electron chi connectivity index (χ4n) is 3.66. The molecule has 2 atom stereocenters. The van der Waals surface area contributed by atoms with Crippen LogP contribution in [0.5, 0.6) is 0 Å². The van der Waals surface area contributed by atoms with Gasteiger partial charge in [-0.2, -0.15) is 5.10 Å². The van der Waals surface area contributed by atoms with Crippen molar-refractivity contribution in [2.45, 2.75) is 31.2 Å². The summed E-state index contributed by atoms with van der Waals surface area (Å²) in [6, 6.07) is 4.65. The van der Waals surface area contributed by atoms with Gasteiger partial charge < -0.3 is 10.5 Å². The van der Waals surface area contributed by atoms with E-state index >= 15 is 0 Å². The number of nitrogens with zero attached hydrogens (tertiary/aromatic N) is 4. The molecule has 6 nitrogen and oxygen atoms in total. The van der Waals surface area contributed by atoms with Crippen molar-refractivity contribution in [3.05, 3.63) is 34.0 Å². The average molecular weight is 347 g/mol. The van der Waals surface area contributed by atoms with Gasteiger partial charge in [-0.15, -0.1) is 11.3 Å². The summed E-state index contributed by atoms with van der Waals surface area (Å²) in [4.78, 5) is 8.67. The lowest BCUT2D eigenvalue weighted by Crippen LogP contribution is -2.37. The normalized spacial score (nSPS) is 24.9. The van der Waals surface area contributed by atoms with Crippen molar-refractivity contribution in [1.82, 2.24) is 19.7 Å². The maximum absolute atomic E-state index is 5.98. The van der Waals surface area contributed by atoms with Crippen molar-refractivity contribution in [1.29, 1.82) is 0 Å². The molecule has 0 radical (unpaired) electrons. The van der Waals surface area contributed by atoms with Crippen LogP contribution in [-0.2, 0) is 11.2 Å². The zero-order valence-corrected chi connectivity index (χ0v) is 14.7. The number of morpholine rings is 1. The number of nitrogens with two attached hydrogens (primary N) is 1. The molecular formula is C17H25N5OS. The zero-order chi connectivity index (χ0) is 16.4. The number of ether oxygens (including phenoxy) is 1. The van der Waals surface area contributed by atoms with Gasteiger partial charge in [-0.3, -0.25) is 4.90 Å². The van der Waals surface area contributed by atoms with Crippen molar-refractivity contribution in [2.75, 3.05) is 39.4 Å². The second kappa shape index (κ2) is 7.31. The van der Waals surface area contributed by atoms with Gasteiger partial charge in [-0.1, -0.05) is 6.07 Å². The summed E-state index contributed by atoms with van der Waals surface area (Å²) in [6.07, 6.45) is 3.09. The molecule has 24 heavy (non-hydrogen) atoms. The van der Waals surface area contributed by atoms with Crippen LogP contribution in [0.4, 0.5) is 0 Å². The van der Waals surface area contributed by atoms with Crippen LogP contribution >= 0.6 is 11.3 Å². The molecule has 1 saturated heterocycles. The first-order chi connectivity index (χ1) is 11.8. The minimum Gasteiger partial charge on any atom is -0.379 e. The van der Waals surface area contributed by atoms with E-state index in [1.165, 1.54) is 4.88 Å². The first-order valence-corrected chi connectivity index (χ1v) is 9.72. The van der Waals surface area contributed by atoms with E-state index in [1.54, 1.807) is 11.3 Å². The minimum absolute atomic E-state index is 0.326. The lowest BCUT2D eigenvalue weighted by atomic mass is 9.94. The molecule has 1 fully saturated rings. The van der Waals surface area contributed by atoms with Gasteiger partial charge in [0.1, 0.15) is 5.82 Å². The molecule has 0 spiro atoms. The lowest BCUT2D eigenvalue weighted by Gasteiger charge is -2.27. The van der Waals surface area contributed by atoms with Gasteiger partial charge in [0.2, 0.25) is 0 Å². The average Bonchev–Trinajstić information content (AvgIpc) is 3.29. The fourth-order valence-corrected chi connectivity index (χ4v) is 4.50. The molecule has 2 unspecified atom stereocenters. The van der Waals surface area contributed by atoms with E-state index in [1.807, 2.05) is 0 Å². The predicted octanol–water partition coefficient (Wildman–Crippen LogP) is 1.64. The number of hydrogen-bond acceptors (Lipinski definition) is 6. The Bertz CT molecular complexity index is 650. The van der Waals surface area contributed by atoms with E-state index in [-0.39, 0.29) is 0 Å². The highest BCUT2D eigenvalue weighted by Crippen LogP contribution is 2.37. The summed E-state index contributed by atoms with van der Waals surface area (Å²) in [6.45, 7) is 5.35. The summed E-state index contributed by atoms with van der Waals surface area (Å²) >= 11 is 1.81. The molecule has 0 saturated carbocycles. The lowest BCUT2D eigenvalue weighted by molar-refractivity contribution is 0.0382. The first kappa shape index (κ1) is 16.2. The molecule has 2 aromatic heterocycles. The Kier molecular flexibility index (Phi) is 4.93. The molecule has 2 aromatic rings. The molecule has 2 aliphatic rings. The second-order valence-electron chi connectivity index (χ2n) is 6.58. The van der Waals surface area contributed by atoms with Crippen LogP contribution in [0.25, 0.3) is 0 Å². The molecule has 4 heterocycles. The van der Waals surface area contributed by atoms with Gasteiger partial charge in [0.15, 0.2) is 5.82 Å². The van der Waals surface area contributed by atoms with Gasteiger partial charge >= 0.3 is 0 Å². The molecule has 0 amide bonds. The van der Waals surface area contributed by atoms with E-state index in [2.05, 4.69) is 27.1 Å². The number of rotatable bonds is 5. The predicted molar refractivity (Wildman–Crippen MR) is 94.5 cm³/mol. The van der Waals surface area contributed by atoms with Crippen molar-refractivity contribution >= 4 is 11.3 Å². The van der Waals surface area contributed by atoms with Crippen molar-refractivity contribution in [3.63, 3.8) is 0 Å². The van der Waals surface area contributed by atoms with Crippen LogP contribution in [0, 0.1) is 0 Å². The topological polar surface area (TPSA) is 69.2 Å². The minimum atomic E-state index is 0.326. The van der Waals surface area contributed by atoms with Gasteiger partial charge in [-0.05, 0) is 24.3 Å². The molecule has 0 aliphatic carbocycles. The van der Waals surface area contributed by atoms with Gasteiger partial charge in [0, 0.05) is 43.4 Å². The van der Waals surface area contributed by atoms with E-state index < -0.39 is 0 Å². The van der Waals surface area contributed by atoms with Gasteiger partial charge in [-0.25, -0.2) is 9.67 Å². The number of hydrogen-bond donors (Lipinski definition) is 1. The standard InChI is InChI=1S/C17H25N5OS/c18-12-13-3-4-14(15-2-1-11-24-15)22-17(13)19-16(20-22)5-6-21-7-9-23-10-8-21/h1-2,11,13-14H,3-10,12,18H2. The maximum atomic E-state index is 5.98. The zero-order valence-electron chi connectivity index (χ0n) is 13.9. The maximum Gasteiger partial charge on any atom is 0.152 e. The highest BCUT2D eigenvalue weighted by molar-refractivity contribution is 7.10. The summed E-state index contributed by atoms with van der Waals surface area (Å²) in [5.74, 6) is 2.38. The SMILES string of the molecule is NCC1CCC(c2cccs2)n2nc(CCN3CCOCC3)nc21. The molecule has 2 aliphatic heterocycles. The third-order valence-corrected chi connectivity index (χ3v) is 6.04. The molecule has 130 valence electrons. The monoisotopic (exact) mass is 347 g/mol. The third-order valence-electron chi connectivity index (χ3n) is 5.06. The van der Waals surface area contributed by atoms with E-state index in [0.717, 1.165) is 63.8 Å². The molecule has 7 heteroatoms. The van der Waals surface area contributed by atoms with Crippen molar-refractivity contribution in [3.8, 4) is 0 Å². The number of thiophene rings is 1. The Hall–Kier alpha value is -1.28. The molecule has 2 N–H and O–H groups in total. The quantitative estimate of drug-likeness (QED) is 0.890. The Morgan fingerprint density at radius 1 is 1.29 bits per heavy atom.